The van der Waals surface area contributed by atoms with Crippen LogP contribution in [0.3, 0.4) is 0 Å². The molecular formula is C17H17ClN2O2. The Balaban J connectivity index is 2.20. The first kappa shape index (κ1) is 14.9. The van der Waals surface area contributed by atoms with Gasteiger partial charge in [-0.2, -0.15) is 0 Å². The largest absolute Gasteiger partial charge is 0.491 e. The van der Waals surface area contributed by atoms with E-state index in [9.17, 15) is 4.79 Å². The number of hydrogen-bond donors (Lipinski definition) is 2. The van der Waals surface area contributed by atoms with Gasteiger partial charge in [-0.25, -0.2) is 0 Å². The quantitative estimate of drug-likeness (QED) is 0.913. The molecule has 1 unspecified atom stereocenters. The number of fused-ring (bicyclic) bond motifs is 1. The SMILES string of the molecule is CC(C)Oc1ccccc1C1(N)C(=O)Nc2ccc(Cl)cc21. The number of benzene rings is 2. The van der Waals surface area contributed by atoms with Crippen molar-refractivity contribution in [1.82, 2.24) is 0 Å². The highest BCUT2D eigenvalue weighted by atomic mass is 35.5. The molecule has 3 N–H and O–H groups in total. The van der Waals surface area contributed by atoms with Gasteiger partial charge in [0.15, 0.2) is 5.54 Å². The van der Waals surface area contributed by atoms with Gasteiger partial charge < -0.3 is 15.8 Å². The second-order valence-electron chi connectivity index (χ2n) is 5.61. The van der Waals surface area contributed by atoms with E-state index < -0.39 is 5.54 Å². The number of amides is 1. The Hall–Kier alpha value is -2.04. The molecule has 0 aromatic heterocycles. The molecule has 1 aliphatic heterocycles. The smallest absolute Gasteiger partial charge is 0.253 e. The minimum Gasteiger partial charge on any atom is -0.491 e. The lowest BCUT2D eigenvalue weighted by Crippen LogP contribution is -2.45. The van der Waals surface area contributed by atoms with Gasteiger partial charge in [-0.05, 0) is 38.1 Å². The van der Waals surface area contributed by atoms with Crippen molar-refractivity contribution in [3.63, 3.8) is 0 Å². The normalized spacial score (nSPS) is 20.0. The van der Waals surface area contributed by atoms with Gasteiger partial charge in [0.05, 0.1) is 6.10 Å². The number of anilines is 1. The molecule has 1 atom stereocenters. The summed E-state index contributed by atoms with van der Waals surface area (Å²) >= 11 is 6.08. The fourth-order valence-electron chi connectivity index (χ4n) is 2.71. The number of rotatable bonds is 3. The summed E-state index contributed by atoms with van der Waals surface area (Å²) in [6, 6.07) is 12.5. The summed E-state index contributed by atoms with van der Waals surface area (Å²) < 4.78 is 5.82. The van der Waals surface area contributed by atoms with Gasteiger partial charge in [-0.1, -0.05) is 29.8 Å². The molecule has 0 spiro atoms. The van der Waals surface area contributed by atoms with Crippen molar-refractivity contribution < 1.29 is 9.53 Å². The molecule has 2 aromatic carbocycles. The molecule has 2 aromatic rings. The molecule has 114 valence electrons. The number of nitrogens with one attached hydrogen (secondary N) is 1. The zero-order valence-corrected chi connectivity index (χ0v) is 13.1. The second-order valence-corrected chi connectivity index (χ2v) is 6.05. The summed E-state index contributed by atoms with van der Waals surface area (Å²) in [7, 11) is 0. The molecule has 0 fully saturated rings. The monoisotopic (exact) mass is 316 g/mol. The van der Waals surface area contributed by atoms with Crippen LogP contribution in [-0.4, -0.2) is 12.0 Å². The first-order chi connectivity index (χ1) is 10.4. The molecule has 0 saturated carbocycles. The number of hydrogen-bond acceptors (Lipinski definition) is 3. The first-order valence-electron chi connectivity index (χ1n) is 7.09. The van der Waals surface area contributed by atoms with Crippen LogP contribution >= 0.6 is 11.6 Å². The van der Waals surface area contributed by atoms with E-state index in [1.807, 2.05) is 38.1 Å². The fraction of sp³-hybridized carbons (Fsp3) is 0.235. The van der Waals surface area contributed by atoms with Crippen molar-refractivity contribution in [2.24, 2.45) is 5.73 Å². The maximum absolute atomic E-state index is 12.6. The van der Waals surface area contributed by atoms with E-state index in [-0.39, 0.29) is 12.0 Å². The van der Waals surface area contributed by atoms with Gasteiger partial charge >= 0.3 is 0 Å². The molecule has 0 radical (unpaired) electrons. The fourth-order valence-corrected chi connectivity index (χ4v) is 2.88. The third-order valence-electron chi connectivity index (χ3n) is 3.69. The summed E-state index contributed by atoms with van der Waals surface area (Å²) in [4.78, 5) is 12.6. The Labute approximate surface area is 134 Å². The third kappa shape index (κ3) is 2.25. The summed E-state index contributed by atoms with van der Waals surface area (Å²) in [5.41, 5.74) is 7.18. The van der Waals surface area contributed by atoms with Gasteiger partial charge in [0.1, 0.15) is 5.75 Å². The van der Waals surface area contributed by atoms with Crippen molar-refractivity contribution in [3.05, 3.63) is 58.6 Å². The predicted octanol–water partition coefficient (Wildman–Crippen LogP) is 3.28. The maximum Gasteiger partial charge on any atom is 0.253 e. The minimum atomic E-state index is -1.31. The molecule has 0 bridgehead atoms. The van der Waals surface area contributed by atoms with E-state index in [2.05, 4.69) is 5.32 Å². The van der Waals surface area contributed by atoms with E-state index in [1.54, 1.807) is 18.2 Å². The standard InChI is InChI=1S/C17H17ClN2O2/c1-10(2)22-15-6-4-3-5-12(15)17(19)13-9-11(18)7-8-14(13)20-16(17)21/h3-10H,19H2,1-2H3,(H,20,21). The second kappa shape index (κ2) is 5.30. The highest BCUT2D eigenvalue weighted by molar-refractivity contribution is 6.31. The molecule has 3 rings (SSSR count). The average Bonchev–Trinajstić information content (AvgIpc) is 2.72. The Bertz CT molecular complexity index is 745. The van der Waals surface area contributed by atoms with Crippen LogP contribution in [0.5, 0.6) is 5.75 Å². The molecule has 4 nitrogen and oxygen atoms in total. The zero-order chi connectivity index (χ0) is 15.9. The Kier molecular flexibility index (Phi) is 3.59. The van der Waals surface area contributed by atoms with Crippen molar-refractivity contribution in [2.45, 2.75) is 25.5 Å². The van der Waals surface area contributed by atoms with Crippen molar-refractivity contribution in [2.75, 3.05) is 5.32 Å². The number of halogens is 1. The summed E-state index contributed by atoms with van der Waals surface area (Å²) in [6.45, 7) is 3.86. The zero-order valence-electron chi connectivity index (χ0n) is 12.4. The Morgan fingerprint density at radius 1 is 1.18 bits per heavy atom. The van der Waals surface area contributed by atoms with Crippen LogP contribution in [0.1, 0.15) is 25.0 Å². The molecule has 0 aliphatic carbocycles. The first-order valence-corrected chi connectivity index (χ1v) is 7.47. The number of nitrogens with two attached hydrogens (primary N) is 1. The van der Waals surface area contributed by atoms with Crippen molar-refractivity contribution >= 4 is 23.2 Å². The summed E-state index contributed by atoms with van der Waals surface area (Å²) in [5.74, 6) is 0.313. The van der Waals surface area contributed by atoms with Crippen LogP contribution in [0.25, 0.3) is 0 Å². The maximum atomic E-state index is 12.6. The molecule has 0 saturated heterocycles. The molecule has 1 amide bonds. The van der Waals surface area contributed by atoms with Crippen LogP contribution in [0, 0.1) is 0 Å². The van der Waals surface area contributed by atoms with Gasteiger partial charge in [0, 0.05) is 21.8 Å². The van der Waals surface area contributed by atoms with Gasteiger partial charge in [-0.15, -0.1) is 0 Å². The topological polar surface area (TPSA) is 64.3 Å². The third-order valence-corrected chi connectivity index (χ3v) is 3.92. The van der Waals surface area contributed by atoms with E-state index in [0.717, 1.165) is 0 Å². The average molecular weight is 317 g/mol. The minimum absolute atomic E-state index is 0.0203. The number of carbonyl (C=O) groups excluding carboxylic acids is 1. The molecular weight excluding hydrogens is 300 g/mol. The van der Waals surface area contributed by atoms with Crippen LogP contribution in [-0.2, 0) is 10.3 Å². The molecule has 5 heteroatoms. The number of carbonyl (C=O) groups is 1. The lowest BCUT2D eigenvalue weighted by Gasteiger charge is -2.26. The van der Waals surface area contributed by atoms with E-state index >= 15 is 0 Å². The van der Waals surface area contributed by atoms with Crippen LogP contribution < -0.4 is 15.8 Å². The van der Waals surface area contributed by atoms with Gasteiger partial charge in [0.2, 0.25) is 0 Å². The summed E-state index contributed by atoms with van der Waals surface area (Å²) in [5, 5.41) is 3.35. The highest BCUT2D eigenvalue weighted by Crippen LogP contribution is 2.43. The lowest BCUT2D eigenvalue weighted by molar-refractivity contribution is -0.119. The van der Waals surface area contributed by atoms with E-state index in [1.165, 1.54) is 0 Å². The van der Waals surface area contributed by atoms with E-state index in [4.69, 9.17) is 22.1 Å². The van der Waals surface area contributed by atoms with Crippen molar-refractivity contribution in [1.29, 1.82) is 0 Å². The molecule has 22 heavy (non-hydrogen) atoms. The van der Waals surface area contributed by atoms with Gasteiger partial charge in [-0.3, -0.25) is 4.79 Å². The lowest BCUT2D eigenvalue weighted by atomic mass is 9.84. The Morgan fingerprint density at radius 2 is 1.91 bits per heavy atom. The highest BCUT2D eigenvalue weighted by Gasteiger charge is 2.46. The number of ether oxygens (including phenoxy) is 1. The molecule has 1 aliphatic rings. The van der Waals surface area contributed by atoms with E-state index in [0.29, 0.717) is 27.6 Å². The number of para-hydroxylation sites is 1. The summed E-state index contributed by atoms with van der Waals surface area (Å²) in [6.07, 6.45) is -0.0203. The van der Waals surface area contributed by atoms with Crippen LogP contribution in [0.2, 0.25) is 5.02 Å². The predicted molar refractivity (Wildman–Crippen MR) is 87.3 cm³/mol. The molecule has 1 heterocycles. The van der Waals surface area contributed by atoms with Crippen LogP contribution in [0.15, 0.2) is 42.5 Å². The van der Waals surface area contributed by atoms with Crippen LogP contribution in [0.4, 0.5) is 5.69 Å². The van der Waals surface area contributed by atoms with Gasteiger partial charge in [0.25, 0.3) is 5.91 Å². The Morgan fingerprint density at radius 3 is 2.64 bits per heavy atom. The van der Waals surface area contributed by atoms with Crippen molar-refractivity contribution in [3.8, 4) is 5.75 Å².